The summed E-state index contributed by atoms with van der Waals surface area (Å²) < 4.78 is 0. The molecule has 0 aliphatic heterocycles. The van der Waals surface area contributed by atoms with E-state index >= 15 is 0 Å². The van der Waals surface area contributed by atoms with Crippen LogP contribution in [-0.2, 0) is 4.79 Å². The summed E-state index contributed by atoms with van der Waals surface area (Å²) in [7, 11) is 1.81. The van der Waals surface area contributed by atoms with Gasteiger partial charge in [-0.05, 0) is 30.5 Å². The van der Waals surface area contributed by atoms with Gasteiger partial charge >= 0.3 is 0 Å². The molecular formula is C10H16N2OS. The molecule has 1 amide bonds. The Morgan fingerprint density at radius 2 is 2.43 bits per heavy atom. The van der Waals surface area contributed by atoms with E-state index in [2.05, 4.69) is 0 Å². The fourth-order valence-electron chi connectivity index (χ4n) is 1.27. The highest BCUT2D eigenvalue weighted by atomic mass is 32.1. The van der Waals surface area contributed by atoms with Gasteiger partial charge in [0, 0.05) is 13.0 Å². The molecule has 78 valence electrons. The van der Waals surface area contributed by atoms with Gasteiger partial charge in [0.25, 0.3) is 0 Å². The first-order chi connectivity index (χ1) is 6.66. The minimum absolute atomic E-state index is 0.00657. The molecule has 1 aromatic rings. The van der Waals surface area contributed by atoms with E-state index in [-0.39, 0.29) is 11.8 Å². The van der Waals surface area contributed by atoms with Crippen LogP contribution in [0.1, 0.15) is 13.3 Å². The van der Waals surface area contributed by atoms with Gasteiger partial charge in [-0.15, -0.1) is 11.3 Å². The topological polar surface area (TPSA) is 46.3 Å². The van der Waals surface area contributed by atoms with Crippen LogP contribution in [0.5, 0.6) is 0 Å². The first-order valence-electron chi connectivity index (χ1n) is 4.68. The lowest BCUT2D eigenvalue weighted by atomic mass is 10.1. The van der Waals surface area contributed by atoms with Crippen LogP contribution in [0.2, 0.25) is 0 Å². The summed E-state index contributed by atoms with van der Waals surface area (Å²) in [5.41, 5.74) is 5.42. The molecule has 0 radical (unpaired) electrons. The molecular weight excluding hydrogens is 196 g/mol. The molecule has 1 heterocycles. The molecule has 0 bridgehead atoms. The Hall–Kier alpha value is -0.870. The number of amides is 1. The lowest BCUT2D eigenvalue weighted by Crippen LogP contribution is -2.31. The number of nitrogens with two attached hydrogens (primary N) is 1. The summed E-state index contributed by atoms with van der Waals surface area (Å²) in [5, 5.41) is 2.95. The Kier molecular flexibility index (Phi) is 4.10. The number of carbonyl (C=O) groups excluding carboxylic acids is 1. The number of carbonyl (C=O) groups is 1. The second-order valence-corrected chi connectivity index (χ2v) is 4.25. The predicted molar refractivity (Wildman–Crippen MR) is 60.6 cm³/mol. The zero-order valence-electron chi connectivity index (χ0n) is 8.56. The highest BCUT2D eigenvalue weighted by Crippen LogP contribution is 2.21. The lowest BCUT2D eigenvalue weighted by molar-refractivity contribution is -0.121. The zero-order valence-corrected chi connectivity index (χ0v) is 9.38. The normalized spacial score (nSPS) is 12.5. The van der Waals surface area contributed by atoms with Gasteiger partial charge in [0.05, 0.1) is 5.00 Å². The lowest BCUT2D eigenvalue weighted by Gasteiger charge is -2.19. The van der Waals surface area contributed by atoms with Crippen LogP contribution in [0.25, 0.3) is 0 Å². The van der Waals surface area contributed by atoms with E-state index in [9.17, 15) is 4.79 Å². The van der Waals surface area contributed by atoms with Gasteiger partial charge in [0.2, 0.25) is 5.91 Å². The SMILES string of the molecule is CC(CCN)C(=O)N(C)c1cccs1. The van der Waals surface area contributed by atoms with Crippen LogP contribution in [0, 0.1) is 5.92 Å². The van der Waals surface area contributed by atoms with Crippen molar-refractivity contribution in [2.75, 3.05) is 18.5 Å². The molecule has 2 N–H and O–H groups in total. The molecule has 1 aromatic heterocycles. The molecule has 0 aliphatic carbocycles. The third-order valence-corrected chi connectivity index (χ3v) is 3.13. The van der Waals surface area contributed by atoms with E-state index in [1.165, 1.54) is 0 Å². The van der Waals surface area contributed by atoms with E-state index in [4.69, 9.17) is 5.73 Å². The van der Waals surface area contributed by atoms with Crippen molar-refractivity contribution in [3.05, 3.63) is 17.5 Å². The second-order valence-electron chi connectivity index (χ2n) is 3.33. The van der Waals surface area contributed by atoms with Gasteiger partial charge in [-0.3, -0.25) is 4.79 Å². The molecule has 0 saturated heterocycles. The van der Waals surface area contributed by atoms with Crippen molar-refractivity contribution in [3.63, 3.8) is 0 Å². The Balaban J connectivity index is 2.61. The number of hydrogen-bond acceptors (Lipinski definition) is 3. The van der Waals surface area contributed by atoms with E-state index in [0.717, 1.165) is 11.4 Å². The standard InChI is InChI=1S/C10H16N2OS/c1-8(5-6-11)10(13)12(2)9-4-3-7-14-9/h3-4,7-8H,5-6,11H2,1-2H3. The average molecular weight is 212 g/mol. The molecule has 1 rings (SSSR count). The number of nitrogens with zero attached hydrogens (tertiary/aromatic N) is 1. The van der Waals surface area contributed by atoms with Crippen LogP contribution in [0.3, 0.4) is 0 Å². The molecule has 3 nitrogen and oxygen atoms in total. The van der Waals surface area contributed by atoms with E-state index in [1.807, 2.05) is 24.4 Å². The largest absolute Gasteiger partial charge is 0.330 e. The monoisotopic (exact) mass is 212 g/mol. The van der Waals surface area contributed by atoms with Gasteiger partial charge in [-0.2, -0.15) is 0 Å². The number of thiophene rings is 1. The van der Waals surface area contributed by atoms with E-state index in [0.29, 0.717) is 6.54 Å². The maximum atomic E-state index is 11.8. The number of hydrogen-bond donors (Lipinski definition) is 1. The molecule has 0 aliphatic rings. The molecule has 0 fully saturated rings. The predicted octanol–water partition coefficient (Wildman–Crippen LogP) is 1.70. The van der Waals surface area contributed by atoms with Crippen molar-refractivity contribution in [2.24, 2.45) is 11.7 Å². The summed E-state index contributed by atoms with van der Waals surface area (Å²) >= 11 is 1.57. The first-order valence-corrected chi connectivity index (χ1v) is 5.56. The van der Waals surface area contributed by atoms with Gasteiger partial charge in [-0.1, -0.05) is 6.92 Å². The fourth-order valence-corrected chi connectivity index (χ4v) is 1.98. The molecule has 4 heteroatoms. The maximum Gasteiger partial charge on any atom is 0.230 e. The minimum Gasteiger partial charge on any atom is -0.330 e. The van der Waals surface area contributed by atoms with Crippen LogP contribution < -0.4 is 10.6 Å². The second kappa shape index (κ2) is 5.12. The van der Waals surface area contributed by atoms with Crippen LogP contribution in [0.4, 0.5) is 5.00 Å². The third kappa shape index (κ3) is 2.56. The summed E-state index contributed by atoms with van der Waals surface area (Å²) in [5.74, 6) is 0.144. The smallest absolute Gasteiger partial charge is 0.230 e. The summed E-state index contributed by atoms with van der Waals surface area (Å²) in [6, 6.07) is 3.88. The average Bonchev–Trinajstić information content (AvgIpc) is 2.68. The highest BCUT2D eigenvalue weighted by molar-refractivity contribution is 7.14. The Morgan fingerprint density at radius 1 is 1.71 bits per heavy atom. The van der Waals surface area contributed by atoms with Gasteiger partial charge in [-0.25, -0.2) is 0 Å². The Bertz CT molecular complexity index is 284. The molecule has 1 unspecified atom stereocenters. The minimum atomic E-state index is 0.00657. The van der Waals surface area contributed by atoms with Crippen LogP contribution in [0.15, 0.2) is 17.5 Å². The zero-order chi connectivity index (χ0) is 10.6. The molecule has 0 saturated carbocycles. The summed E-state index contributed by atoms with van der Waals surface area (Å²) in [4.78, 5) is 13.5. The maximum absolute atomic E-state index is 11.8. The van der Waals surface area contributed by atoms with E-state index < -0.39 is 0 Å². The molecule has 0 aromatic carbocycles. The van der Waals surface area contributed by atoms with Crippen molar-refractivity contribution in [3.8, 4) is 0 Å². The highest BCUT2D eigenvalue weighted by Gasteiger charge is 2.18. The van der Waals surface area contributed by atoms with Crippen molar-refractivity contribution in [2.45, 2.75) is 13.3 Å². The van der Waals surface area contributed by atoms with Crippen molar-refractivity contribution < 1.29 is 4.79 Å². The van der Waals surface area contributed by atoms with Crippen molar-refractivity contribution >= 4 is 22.2 Å². The summed E-state index contributed by atoms with van der Waals surface area (Å²) in [6.45, 7) is 2.48. The Morgan fingerprint density at radius 3 is 2.93 bits per heavy atom. The number of rotatable bonds is 4. The number of anilines is 1. The fraction of sp³-hybridized carbons (Fsp3) is 0.500. The molecule has 14 heavy (non-hydrogen) atoms. The van der Waals surface area contributed by atoms with Crippen molar-refractivity contribution in [1.29, 1.82) is 0 Å². The first kappa shape index (κ1) is 11.2. The van der Waals surface area contributed by atoms with Gasteiger partial charge in [0.1, 0.15) is 0 Å². The van der Waals surface area contributed by atoms with Gasteiger partial charge < -0.3 is 10.6 Å². The molecule has 1 atom stereocenters. The van der Waals surface area contributed by atoms with Gasteiger partial charge in [0.15, 0.2) is 0 Å². The van der Waals surface area contributed by atoms with Crippen LogP contribution >= 0.6 is 11.3 Å². The van der Waals surface area contributed by atoms with Crippen molar-refractivity contribution in [1.82, 2.24) is 0 Å². The molecule has 0 spiro atoms. The third-order valence-electron chi connectivity index (χ3n) is 2.19. The Labute approximate surface area is 88.5 Å². The quantitative estimate of drug-likeness (QED) is 0.825. The van der Waals surface area contributed by atoms with Crippen LogP contribution in [-0.4, -0.2) is 19.5 Å². The summed E-state index contributed by atoms with van der Waals surface area (Å²) in [6.07, 6.45) is 0.745. The van der Waals surface area contributed by atoms with E-state index in [1.54, 1.807) is 23.3 Å².